The lowest BCUT2D eigenvalue weighted by Gasteiger charge is -2.17. The van der Waals surface area contributed by atoms with E-state index in [0.717, 1.165) is 36.5 Å². The van der Waals surface area contributed by atoms with Crippen LogP contribution in [0.3, 0.4) is 0 Å². The van der Waals surface area contributed by atoms with Gasteiger partial charge in [-0.1, -0.05) is 24.3 Å². The number of halogens is 1. The van der Waals surface area contributed by atoms with Gasteiger partial charge in [-0.25, -0.2) is 0 Å². The fourth-order valence-electron chi connectivity index (χ4n) is 3.15. The van der Waals surface area contributed by atoms with E-state index in [4.69, 9.17) is 14.7 Å². The second-order valence-electron chi connectivity index (χ2n) is 7.24. The topological polar surface area (TPSA) is 78.7 Å². The van der Waals surface area contributed by atoms with Gasteiger partial charge in [-0.2, -0.15) is 5.26 Å². The fourth-order valence-corrected chi connectivity index (χ4v) is 3.15. The van der Waals surface area contributed by atoms with Crippen LogP contribution in [-0.2, 0) is 17.8 Å². The molecule has 160 valence electrons. The molecular weight excluding hydrogens is 491 g/mol. The van der Waals surface area contributed by atoms with Gasteiger partial charge >= 0.3 is 0 Å². The molecule has 0 aromatic heterocycles. The van der Waals surface area contributed by atoms with Gasteiger partial charge in [-0.05, 0) is 42.7 Å². The number of rotatable bonds is 7. The average molecular weight is 520 g/mol. The summed E-state index contributed by atoms with van der Waals surface area (Å²) in [6.07, 6.45) is 1.06. The molecule has 0 saturated carbocycles. The SMILES string of the molecule is CN=C(NCc1ccc(C#N)cc1)NCc1ccc(C)cc1OCC1CCOC1.I. The van der Waals surface area contributed by atoms with Crippen molar-refractivity contribution in [1.82, 2.24) is 10.6 Å². The zero-order chi connectivity index (χ0) is 20.5. The normalized spacial score (nSPS) is 15.8. The van der Waals surface area contributed by atoms with Gasteiger partial charge < -0.3 is 20.1 Å². The Morgan fingerprint density at radius 3 is 2.63 bits per heavy atom. The number of guanidine groups is 1. The molecule has 1 aliphatic heterocycles. The Labute approximate surface area is 195 Å². The number of benzene rings is 2. The summed E-state index contributed by atoms with van der Waals surface area (Å²) in [5.74, 6) is 2.09. The monoisotopic (exact) mass is 520 g/mol. The zero-order valence-corrected chi connectivity index (χ0v) is 19.8. The van der Waals surface area contributed by atoms with Crippen molar-refractivity contribution in [3.8, 4) is 11.8 Å². The summed E-state index contributed by atoms with van der Waals surface area (Å²) in [6.45, 7) is 5.61. The van der Waals surface area contributed by atoms with E-state index in [1.165, 1.54) is 5.56 Å². The van der Waals surface area contributed by atoms with E-state index in [-0.39, 0.29) is 24.0 Å². The van der Waals surface area contributed by atoms with E-state index >= 15 is 0 Å². The molecule has 3 rings (SSSR count). The first-order valence-electron chi connectivity index (χ1n) is 9.91. The van der Waals surface area contributed by atoms with Crippen LogP contribution in [-0.4, -0.2) is 32.8 Å². The van der Waals surface area contributed by atoms with E-state index in [1.807, 2.05) is 24.3 Å². The number of ether oxygens (including phenoxy) is 2. The Morgan fingerprint density at radius 2 is 1.97 bits per heavy atom. The average Bonchev–Trinajstić information content (AvgIpc) is 3.27. The first-order chi connectivity index (χ1) is 14.2. The smallest absolute Gasteiger partial charge is 0.191 e. The van der Waals surface area contributed by atoms with Crippen molar-refractivity contribution in [2.24, 2.45) is 10.9 Å². The summed E-state index contributed by atoms with van der Waals surface area (Å²) in [6, 6.07) is 15.9. The van der Waals surface area contributed by atoms with Crippen molar-refractivity contribution in [1.29, 1.82) is 5.26 Å². The standard InChI is InChI=1S/C23H28N4O2.HI/c1-17-3-8-21(22(11-17)29-16-20-9-10-28-15-20)14-27-23(25-2)26-13-19-6-4-18(12-24)5-7-19;/h3-8,11,20H,9-10,13-16H2,1-2H3,(H2,25,26,27);1H. The lowest BCUT2D eigenvalue weighted by molar-refractivity contribution is 0.166. The minimum Gasteiger partial charge on any atom is -0.493 e. The van der Waals surface area contributed by atoms with Crippen LogP contribution < -0.4 is 15.4 Å². The lowest BCUT2D eigenvalue weighted by atomic mass is 10.1. The third-order valence-electron chi connectivity index (χ3n) is 4.93. The van der Waals surface area contributed by atoms with Crippen LogP contribution in [0, 0.1) is 24.2 Å². The van der Waals surface area contributed by atoms with Gasteiger partial charge in [-0.3, -0.25) is 4.99 Å². The molecule has 7 heteroatoms. The van der Waals surface area contributed by atoms with Crippen molar-refractivity contribution in [3.05, 3.63) is 64.7 Å². The summed E-state index contributed by atoms with van der Waals surface area (Å²) in [5.41, 5.74) is 4.02. The summed E-state index contributed by atoms with van der Waals surface area (Å²) >= 11 is 0. The molecule has 1 heterocycles. The number of aliphatic imine (C=N–C) groups is 1. The molecule has 0 aliphatic carbocycles. The minimum absolute atomic E-state index is 0. The van der Waals surface area contributed by atoms with E-state index < -0.39 is 0 Å². The Bertz CT molecular complexity index is 872. The predicted octanol–water partition coefficient (Wildman–Crippen LogP) is 3.77. The maximum absolute atomic E-state index is 8.89. The molecule has 30 heavy (non-hydrogen) atoms. The highest BCUT2D eigenvalue weighted by molar-refractivity contribution is 14.0. The number of aryl methyl sites for hydroxylation is 1. The molecule has 1 fully saturated rings. The Morgan fingerprint density at radius 1 is 1.20 bits per heavy atom. The predicted molar refractivity (Wildman–Crippen MR) is 129 cm³/mol. The lowest BCUT2D eigenvalue weighted by Crippen LogP contribution is -2.36. The van der Waals surface area contributed by atoms with Crippen molar-refractivity contribution >= 4 is 29.9 Å². The first-order valence-corrected chi connectivity index (χ1v) is 9.91. The van der Waals surface area contributed by atoms with Gasteiger partial charge in [0.1, 0.15) is 5.75 Å². The third-order valence-corrected chi connectivity index (χ3v) is 4.93. The first kappa shape index (κ1) is 24.0. The highest BCUT2D eigenvalue weighted by Gasteiger charge is 2.17. The summed E-state index contributed by atoms with van der Waals surface area (Å²) in [7, 11) is 1.75. The minimum atomic E-state index is 0. The van der Waals surface area contributed by atoms with Gasteiger partial charge in [0, 0.05) is 38.2 Å². The number of hydrogen-bond acceptors (Lipinski definition) is 4. The maximum atomic E-state index is 8.89. The number of hydrogen-bond donors (Lipinski definition) is 2. The molecule has 6 nitrogen and oxygen atoms in total. The molecule has 2 N–H and O–H groups in total. The van der Waals surface area contributed by atoms with Crippen LogP contribution in [0.1, 0.15) is 28.7 Å². The summed E-state index contributed by atoms with van der Waals surface area (Å²) < 4.78 is 11.5. The Hall–Kier alpha value is -2.31. The Balaban J connectivity index is 0.00000320. The molecular formula is C23H29IN4O2. The van der Waals surface area contributed by atoms with Gasteiger partial charge in [-0.15, -0.1) is 24.0 Å². The van der Waals surface area contributed by atoms with Crippen molar-refractivity contribution in [2.75, 3.05) is 26.9 Å². The molecule has 1 unspecified atom stereocenters. The summed E-state index contributed by atoms with van der Waals surface area (Å²) in [5, 5.41) is 15.5. The summed E-state index contributed by atoms with van der Waals surface area (Å²) in [4.78, 5) is 4.29. The number of nitrogens with one attached hydrogen (secondary N) is 2. The molecule has 1 atom stereocenters. The number of nitrogens with zero attached hydrogens (tertiary/aromatic N) is 2. The van der Waals surface area contributed by atoms with E-state index in [2.05, 4.69) is 46.8 Å². The molecule has 0 spiro atoms. The van der Waals surface area contributed by atoms with Gasteiger partial charge in [0.15, 0.2) is 5.96 Å². The largest absolute Gasteiger partial charge is 0.493 e. The van der Waals surface area contributed by atoms with E-state index in [0.29, 0.717) is 37.1 Å². The number of nitriles is 1. The zero-order valence-electron chi connectivity index (χ0n) is 17.5. The quantitative estimate of drug-likeness (QED) is 0.330. The van der Waals surface area contributed by atoms with Crippen LogP contribution in [0.25, 0.3) is 0 Å². The van der Waals surface area contributed by atoms with Crippen molar-refractivity contribution in [2.45, 2.75) is 26.4 Å². The van der Waals surface area contributed by atoms with Crippen LogP contribution in [0.15, 0.2) is 47.5 Å². The molecule has 2 aromatic rings. The van der Waals surface area contributed by atoms with Crippen LogP contribution in [0.5, 0.6) is 5.75 Å². The van der Waals surface area contributed by atoms with Crippen LogP contribution in [0.2, 0.25) is 0 Å². The molecule has 1 saturated heterocycles. The molecule has 1 aliphatic rings. The van der Waals surface area contributed by atoms with E-state index in [1.54, 1.807) is 7.05 Å². The highest BCUT2D eigenvalue weighted by Crippen LogP contribution is 2.22. The van der Waals surface area contributed by atoms with Gasteiger partial charge in [0.05, 0.1) is 24.8 Å². The maximum Gasteiger partial charge on any atom is 0.191 e. The Kier molecular flexibility index (Phi) is 9.91. The second kappa shape index (κ2) is 12.4. The van der Waals surface area contributed by atoms with Gasteiger partial charge in [0.25, 0.3) is 0 Å². The molecule has 0 amide bonds. The van der Waals surface area contributed by atoms with Crippen LogP contribution >= 0.6 is 24.0 Å². The van der Waals surface area contributed by atoms with Crippen LogP contribution in [0.4, 0.5) is 0 Å². The second-order valence-corrected chi connectivity index (χ2v) is 7.24. The van der Waals surface area contributed by atoms with Crippen molar-refractivity contribution in [3.63, 3.8) is 0 Å². The fraction of sp³-hybridized carbons (Fsp3) is 0.391. The van der Waals surface area contributed by atoms with E-state index in [9.17, 15) is 0 Å². The van der Waals surface area contributed by atoms with Crippen molar-refractivity contribution < 1.29 is 9.47 Å². The van der Waals surface area contributed by atoms with Gasteiger partial charge in [0.2, 0.25) is 0 Å². The third kappa shape index (κ3) is 7.18. The molecule has 2 aromatic carbocycles. The highest BCUT2D eigenvalue weighted by atomic mass is 127. The molecule has 0 bridgehead atoms. The molecule has 0 radical (unpaired) electrons.